The second-order valence-corrected chi connectivity index (χ2v) is 7.37. The van der Waals surface area contributed by atoms with Crippen molar-refractivity contribution < 1.29 is 13.6 Å². The first-order chi connectivity index (χ1) is 13.4. The lowest BCUT2D eigenvalue weighted by Crippen LogP contribution is -2.45. The smallest absolute Gasteiger partial charge is 0.220 e. The first-order valence-corrected chi connectivity index (χ1v) is 9.70. The van der Waals surface area contributed by atoms with E-state index in [4.69, 9.17) is 0 Å². The van der Waals surface area contributed by atoms with Gasteiger partial charge in [-0.05, 0) is 50.2 Å². The molecule has 1 fully saturated rings. The Bertz CT molecular complexity index is 819. The summed E-state index contributed by atoms with van der Waals surface area (Å²) < 4.78 is 27.6. The molecule has 1 atom stereocenters. The van der Waals surface area contributed by atoms with Gasteiger partial charge in [-0.15, -0.1) is 0 Å². The molecule has 1 unspecified atom stereocenters. The van der Waals surface area contributed by atoms with Crippen LogP contribution in [0.25, 0.3) is 0 Å². The highest BCUT2D eigenvalue weighted by Gasteiger charge is 2.21. The molecule has 1 N–H and O–H groups in total. The van der Waals surface area contributed by atoms with E-state index >= 15 is 0 Å². The molecule has 1 aliphatic rings. The van der Waals surface area contributed by atoms with Crippen molar-refractivity contribution in [2.75, 3.05) is 38.1 Å². The molecule has 0 aliphatic carbocycles. The minimum absolute atomic E-state index is 0.177. The standard InChI is InChI=1S/C22H27F2N3O/c1-16(25-22(28)10-7-17-5-3-4-6-20(17)24)19-15-18(23)8-9-21(19)27-13-11-26(2)12-14-27/h3-6,8-9,15-16H,7,10-14H2,1-2H3,(H,25,28). The minimum atomic E-state index is -0.335. The quantitative estimate of drug-likeness (QED) is 0.824. The van der Waals surface area contributed by atoms with Gasteiger partial charge < -0.3 is 15.1 Å². The average Bonchev–Trinajstić information content (AvgIpc) is 2.68. The molecule has 0 spiro atoms. The fourth-order valence-corrected chi connectivity index (χ4v) is 3.55. The van der Waals surface area contributed by atoms with E-state index in [9.17, 15) is 13.6 Å². The highest BCUT2D eigenvalue weighted by molar-refractivity contribution is 5.77. The number of rotatable bonds is 6. The molecule has 0 aromatic heterocycles. The Labute approximate surface area is 165 Å². The fourth-order valence-electron chi connectivity index (χ4n) is 3.55. The van der Waals surface area contributed by atoms with Crippen LogP contribution in [-0.2, 0) is 11.2 Å². The highest BCUT2D eigenvalue weighted by Crippen LogP contribution is 2.28. The second-order valence-electron chi connectivity index (χ2n) is 7.37. The van der Waals surface area contributed by atoms with Crippen molar-refractivity contribution in [3.8, 4) is 0 Å². The Morgan fingerprint density at radius 1 is 1.11 bits per heavy atom. The molecule has 0 saturated carbocycles. The molecule has 6 heteroatoms. The zero-order chi connectivity index (χ0) is 20.1. The van der Waals surface area contributed by atoms with Crippen LogP contribution < -0.4 is 10.2 Å². The number of halogens is 2. The molecular formula is C22H27F2N3O. The van der Waals surface area contributed by atoms with Gasteiger partial charge in [-0.25, -0.2) is 8.78 Å². The fraction of sp³-hybridized carbons (Fsp3) is 0.409. The number of piperazine rings is 1. The van der Waals surface area contributed by atoms with E-state index in [0.29, 0.717) is 12.0 Å². The predicted octanol–water partition coefficient (Wildman–Crippen LogP) is 3.53. The first-order valence-electron chi connectivity index (χ1n) is 9.70. The number of nitrogens with zero attached hydrogens (tertiary/aromatic N) is 2. The number of benzene rings is 2. The van der Waals surface area contributed by atoms with Crippen molar-refractivity contribution >= 4 is 11.6 Å². The Hall–Kier alpha value is -2.47. The number of hydrogen-bond acceptors (Lipinski definition) is 3. The summed E-state index contributed by atoms with van der Waals surface area (Å²) in [6.07, 6.45) is 0.518. The van der Waals surface area contributed by atoms with Gasteiger partial charge in [-0.3, -0.25) is 4.79 Å². The summed E-state index contributed by atoms with van der Waals surface area (Å²) in [7, 11) is 2.08. The summed E-state index contributed by atoms with van der Waals surface area (Å²) in [6, 6.07) is 10.9. The van der Waals surface area contributed by atoms with E-state index in [1.807, 2.05) is 6.92 Å². The lowest BCUT2D eigenvalue weighted by molar-refractivity contribution is -0.121. The van der Waals surface area contributed by atoms with Crippen LogP contribution in [0, 0.1) is 11.6 Å². The number of hydrogen-bond donors (Lipinski definition) is 1. The maximum Gasteiger partial charge on any atom is 0.220 e. The lowest BCUT2D eigenvalue weighted by atomic mass is 10.0. The molecule has 2 aromatic carbocycles. The van der Waals surface area contributed by atoms with Crippen molar-refractivity contribution in [2.45, 2.75) is 25.8 Å². The van der Waals surface area contributed by atoms with Crippen molar-refractivity contribution in [3.63, 3.8) is 0 Å². The van der Waals surface area contributed by atoms with Gasteiger partial charge in [0.25, 0.3) is 0 Å². The number of carbonyl (C=O) groups is 1. The molecule has 0 radical (unpaired) electrons. The average molecular weight is 387 g/mol. The van der Waals surface area contributed by atoms with Gasteiger partial charge in [0.05, 0.1) is 6.04 Å². The van der Waals surface area contributed by atoms with Gasteiger partial charge in [0, 0.05) is 43.9 Å². The zero-order valence-corrected chi connectivity index (χ0v) is 16.4. The number of likely N-dealkylation sites (N-methyl/N-ethyl adjacent to an activating group) is 1. The largest absolute Gasteiger partial charge is 0.369 e. The predicted molar refractivity (Wildman–Crippen MR) is 107 cm³/mol. The van der Waals surface area contributed by atoms with Gasteiger partial charge in [-0.2, -0.15) is 0 Å². The van der Waals surface area contributed by atoms with E-state index in [2.05, 4.69) is 22.2 Å². The second kappa shape index (κ2) is 9.15. The number of nitrogens with one attached hydrogen (secondary N) is 1. The molecule has 3 rings (SSSR count). The van der Waals surface area contributed by atoms with E-state index in [-0.39, 0.29) is 30.0 Å². The van der Waals surface area contributed by atoms with E-state index in [1.165, 1.54) is 18.2 Å². The summed E-state index contributed by atoms with van der Waals surface area (Å²) >= 11 is 0. The third-order valence-corrected chi connectivity index (χ3v) is 5.26. The Balaban J connectivity index is 1.66. The maximum atomic E-state index is 13.9. The highest BCUT2D eigenvalue weighted by atomic mass is 19.1. The number of aryl methyl sites for hydroxylation is 1. The molecule has 1 heterocycles. The number of carbonyl (C=O) groups excluding carboxylic acids is 1. The van der Waals surface area contributed by atoms with E-state index < -0.39 is 0 Å². The van der Waals surface area contributed by atoms with Crippen LogP contribution in [0.5, 0.6) is 0 Å². The third kappa shape index (κ3) is 5.07. The lowest BCUT2D eigenvalue weighted by Gasteiger charge is -2.36. The summed E-state index contributed by atoms with van der Waals surface area (Å²) in [4.78, 5) is 16.9. The van der Waals surface area contributed by atoms with Crippen LogP contribution in [0.15, 0.2) is 42.5 Å². The maximum absolute atomic E-state index is 13.9. The molecule has 150 valence electrons. The summed E-state index contributed by atoms with van der Waals surface area (Å²) in [5.41, 5.74) is 2.24. The molecule has 28 heavy (non-hydrogen) atoms. The Morgan fingerprint density at radius 2 is 1.82 bits per heavy atom. The van der Waals surface area contributed by atoms with Crippen molar-refractivity contribution in [3.05, 3.63) is 65.2 Å². The molecule has 0 bridgehead atoms. The van der Waals surface area contributed by atoms with Gasteiger partial charge >= 0.3 is 0 Å². The van der Waals surface area contributed by atoms with Crippen molar-refractivity contribution in [1.29, 1.82) is 0 Å². The van der Waals surface area contributed by atoms with Gasteiger partial charge in [0.1, 0.15) is 11.6 Å². The normalized spacial score (nSPS) is 16.1. The van der Waals surface area contributed by atoms with Crippen LogP contribution in [0.3, 0.4) is 0 Å². The summed E-state index contributed by atoms with van der Waals surface area (Å²) in [6.45, 7) is 5.47. The topological polar surface area (TPSA) is 35.6 Å². The van der Waals surface area contributed by atoms with Gasteiger partial charge in [0.2, 0.25) is 5.91 Å². The first kappa shape index (κ1) is 20.3. The van der Waals surface area contributed by atoms with E-state index in [1.54, 1.807) is 24.3 Å². The molecule has 1 aliphatic heterocycles. The Morgan fingerprint density at radius 3 is 2.54 bits per heavy atom. The number of amides is 1. The molecule has 1 saturated heterocycles. The van der Waals surface area contributed by atoms with Gasteiger partial charge in [0.15, 0.2) is 0 Å². The van der Waals surface area contributed by atoms with Crippen LogP contribution in [0.2, 0.25) is 0 Å². The molecule has 4 nitrogen and oxygen atoms in total. The third-order valence-electron chi connectivity index (χ3n) is 5.26. The number of anilines is 1. The van der Waals surface area contributed by atoms with Crippen LogP contribution in [-0.4, -0.2) is 44.0 Å². The van der Waals surface area contributed by atoms with E-state index in [0.717, 1.165) is 37.4 Å². The Kier molecular flexibility index (Phi) is 6.62. The molecular weight excluding hydrogens is 360 g/mol. The monoisotopic (exact) mass is 387 g/mol. The summed E-state index contributed by atoms with van der Waals surface area (Å²) in [5, 5.41) is 2.94. The minimum Gasteiger partial charge on any atom is -0.369 e. The van der Waals surface area contributed by atoms with Crippen LogP contribution >= 0.6 is 0 Å². The van der Waals surface area contributed by atoms with Gasteiger partial charge in [-0.1, -0.05) is 18.2 Å². The van der Waals surface area contributed by atoms with Crippen LogP contribution in [0.1, 0.15) is 30.5 Å². The van der Waals surface area contributed by atoms with Crippen LogP contribution in [0.4, 0.5) is 14.5 Å². The molecule has 2 aromatic rings. The SMILES string of the molecule is CC(NC(=O)CCc1ccccc1F)c1cc(F)ccc1N1CCN(C)CC1. The zero-order valence-electron chi connectivity index (χ0n) is 16.4. The summed E-state index contributed by atoms with van der Waals surface area (Å²) in [5.74, 6) is -0.796. The molecule has 1 amide bonds. The van der Waals surface area contributed by atoms with Crippen molar-refractivity contribution in [2.24, 2.45) is 0 Å². The van der Waals surface area contributed by atoms with Crippen molar-refractivity contribution in [1.82, 2.24) is 10.2 Å².